The van der Waals surface area contributed by atoms with Gasteiger partial charge >= 0.3 is 5.97 Å². The summed E-state index contributed by atoms with van der Waals surface area (Å²) in [4.78, 5) is 14.4. The number of unbranched alkanes of at least 4 members (excludes halogenated alkanes) is 1. The van der Waals surface area contributed by atoms with Crippen LogP contribution in [0.1, 0.15) is 77.2 Å². The molecule has 0 amide bonds. The summed E-state index contributed by atoms with van der Waals surface area (Å²) in [6.07, 6.45) is 8.01. The van der Waals surface area contributed by atoms with Crippen molar-refractivity contribution in [2.24, 2.45) is 5.92 Å². The van der Waals surface area contributed by atoms with Crippen molar-refractivity contribution in [1.29, 1.82) is 0 Å². The van der Waals surface area contributed by atoms with Crippen LogP contribution in [0, 0.1) is 5.92 Å². The largest absolute Gasteiger partial charge is 0.455 e. The minimum atomic E-state index is -0.853. The van der Waals surface area contributed by atoms with Gasteiger partial charge < -0.3 is 19.5 Å². The molecule has 0 spiro atoms. The van der Waals surface area contributed by atoms with Crippen molar-refractivity contribution >= 4 is 27.6 Å². The first-order chi connectivity index (χ1) is 15.7. The fraction of sp³-hybridized carbons (Fsp3) is 0.731. The topological polar surface area (TPSA) is 59.0 Å². The molecule has 0 radical (unpaired) electrons. The Labute approximate surface area is 207 Å². The molecule has 3 rings (SSSR count). The Morgan fingerprint density at radius 1 is 1.27 bits per heavy atom. The van der Waals surface area contributed by atoms with Crippen molar-refractivity contribution in [1.82, 2.24) is 4.90 Å². The van der Waals surface area contributed by atoms with Gasteiger partial charge in [0.05, 0.1) is 5.60 Å². The van der Waals surface area contributed by atoms with Gasteiger partial charge in [-0.3, -0.25) is 4.79 Å². The second-order valence-electron chi connectivity index (χ2n) is 10.1. The molecule has 0 aromatic heterocycles. The number of rotatable bonds is 11. The van der Waals surface area contributed by atoms with E-state index >= 15 is 0 Å². The highest BCUT2D eigenvalue weighted by Crippen LogP contribution is 2.49. The Bertz CT molecular complexity index is 768. The molecule has 1 N–H and O–H groups in total. The Morgan fingerprint density at radius 2 is 2.09 bits per heavy atom. The van der Waals surface area contributed by atoms with Gasteiger partial charge in [0.25, 0.3) is 0 Å². The maximum absolute atomic E-state index is 12.3. The van der Waals surface area contributed by atoms with Gasteiger partial charge in [-0.15, -0.1) is 0 Å². The average Bonchev–Trinajstić information content (AvgIpc) is 3.19. The Morgan fingerprint density at radius 3 is 2.82 bits per heavy atom. The van der Waals surface area contributed by atoms with Crippen molar-refractivity contribution in [2.45, 2.75) is 88.3 Å². The second kappa shape index (κ2) is 12.2. The number of hydrogen-bond acceptors (Lipinski definition) is 7. The Hall–Kier alpha value is -0.890. The minimum Gasteiger partial charge on any atom is -0.455 e. The summed E-state index contributed by atoms with van der Waals surface area (Å²) in [5, 5.41) is 11.6. The number of nitrogens with zero attached hydrogens (tertiary/aromatic N) is 1. The minimum absolute atomic E-state index is 0.190. The maximum Gasteiger partial charge on any atom is 0.308 e. The van der Waals surface area contributed by atoms with Gasteiger partial charge in [-0.05, 0) is 70.8 Å². The molecule has 1 aliphatic heterocycles. The van der Waals surface area contributed by atoms with E-state index in [-0.39, 0.29) is 11.9 Å². The van der Waals surface area contributed by atoms with Gasteiger partial charge in [0.15, 0.2) is 0 Å². The van der Waals surface area contributed by atoms with Crippen LogP contribution in [-0.2, 0) is 15.1 Å². The molecule has 1 saturated heterocycles. The lowest BCUT2D eigenvalue weighted by Gasteiger charge is -2.41. The number of esters is 1. The molecule has 1 aromatic rings. The molecule has 0 bridgehead atoms. The van der Waals surface area contributed by atoms with Crippen molar-refractivity contribution in [3.63, 3.8) is 0 Å². The van der Waals surface area contributed by atoms with Crippen molar-refractivity contribution in [2.75, 3.05) is 26.4 Å². The summed E-state index contributed by atoms with van der Waals surface area (Å²) in [6.45, 7) is 4.93. The molecule has 2 aliphatic rings. The van der Waals surface area contributed by atoms with Crippen LogP contribution in [0.2, 0.25) is 0 Å². The van der Waals surface area contributed by atoms with Crippen molar-refractivity contribution in [3.8, 4) is 5.75 Å². The van der Waals surface area contributed by atoms with E-state index in [9.17, 15) is 9.90 Å². The Balaban J connectivity index is 1.49. The molecular weight excluding hydrogens is 454 g/mol. The normalized spacial score (nSPS) is 28.6. The standard InChI is InChI=1S/C26H41NO4S2/c1-20(31-24(28)13-6-7-14-25(2)16-17-32-33-25)30-23-12-9-11-21(18-23)26(29)15-8-5-10-22(26)19-27(3)4/h9,11-12,18,20,22,29H,5-8,10,13-17,19H2,1-4H3/t20?,22-,25-,26+/m1/s1. The van der Waals surface area contributed by atoms with E-state index in [2.05, 4.69) is 25.9 Å². The number of ether oxygens (including phenoxy) is 2. The van der Waals surface area contributed by atoms with Gasteiger partial charge in [-0.2, -0.15) is 0 Å². The van der Waals surface area contributed by atoms with Crippen LogP contribution in [0.4, 0.5) is 0 Å². The molecule has 1 aromatic carbocycles. The van der Waals surface area contributed by atoms with Crippen LogP contribution in [0.15, 0.2) is 24.3 Å². The first-order valence-corrected chi connectivity index (χ1v) is 14.7. The SMILES string of the molecule is CC(OC(=O)CCCC[C@]1(C)CCSS1)Oc1cccc([C@@]2(O)CCCC[C@@H]2CN(C)C)c1. The van der Waals surface area contributed by atoms with E-state index in [0.717, 1.165) is 57.1 Å². The molecule has 5 nitrogen and oxygen atoms in total. The number of carbonyl (C=O) groups excluding carboxylic acids is 1. The summed E-state index contributed by atoms with van der Waals surface area (Å²) in [5.41, 5.74) is 0.0377. The highest BCUT2D eigenvalue weighted by atomic mass is 33.1. The van der Waals surface area contributed by atoms with Crippen LogP contribution < -0.4 is 4.74 Å². The van der Waals surface area contributed by atoms with Gasteiger partial charge in [0.2, 0.25) is 6.29 Å². The lowest BCUT2D eigenvalue weighted by Crippen LogP contribution is -2.43. The van der Waals surface area contributed by atoms with E-state index in [4.69, 9.17) is 9.47 Å². The predicted molar refractivity (Wildman–Crippen MR) is 139 cm³/mol. The molecule has 1 unspecified atom stereocenters. The monoisotopic (exact) mass is 495 g/mol. The van der Waals surface area contributed by atoms with Gasteiger partial charge in [0.1, 0.15) is 5.75 Å². The smallest absolute Gasteiger partial charge is 0.308 e. The quantitative estimate of drug-likeness (QED) is 0.175. The lowest BCUT2D eigenvalue weighted by atomic mass is 9.71. The highest BCUT2D eigenvalue weighted by Gasteiger charge is 2.40. The van der Waals surface area contributed by atoms with E-state index in [1.807, 2.05) is 45.9 Å². The number of aliphatic hydroxyl groups is 1. The number of hydrogen-bond donors (Lipinski definition) is 1. The first kappa shape index (κ1) is 26.7. The van der Waals surface area contributed by atoms with Gasteiger partial charge in [0, 0.05) is 36.3 Å². The number of carbonyl (C=O) groups is 1. The summed E-state index contributed by atoms with van der Waals surface area (Å²) >= 11 is 0. The molecule has 1 heterocycles. The van der Waals surface area contributed by atoms with Gasteiger partial charge in [-0.25, -0.2) is 0 Å². The Kier molecular flexibility index (Phi) is 9.86. The van der Waals surface area contributed by atoms with Crippen LogP contribution in [-0.4, -0.2) is 53.4 Å². The van der Waals surface area contributed by atoms with Crippen LogP contribution in [0.25, 0.3) is 0 Å². The second-order valence-corrected chi connectivity index (χ2v) is 13.1. The van der Waals surface area contributed by atoms with Crippen molar-refractivity contribution < 1.29 is 19.4 Å². The zero-order chi connectivity index (χ0) is 23.9. The molecule has 2 fully saturated rings. The zero-order valence-corrected chi connectivity index (χ0v) is 22.3. The molecular formula is C26H41NO4S2. The fourth-order valence-electron chi connectivity index (χ4n) is 5.01. The average molecular weight is 496 g/mol. The number of benzene rings is 1. The molecule has 1 aliphatic carbocycles. The third-order valence-electron chi connectivity index (χ3n) is 6.87. The third kappa shape index (κ3) is 7.81. The van der Waals surface area contributed by atoms with Crippen molar-refractivity contribution in [3.05, 3.63) is 29.8 Å². The van der Waals surface area contributed by atoms with E-state index in [1.54, 1.807) is 6.92 Å². The first-order valence-electron chi connectivity index (χ1n) is 12.3. The van der Waals surface area contributed by atoms with E-state index in [0.29, 0.717) is 16.9 Å². The predicted octanol–water partition coefficient (Wildman–Crippen LogP) is 6.00. The zero-order valence-electron chi connectivity index (χ0n) is 20.7. The molecule has 186 valence electrons. The summed E-state index contributed by atoms with van der Waals surface area (Å²) in [6, 6.07) is 7.67. The third-order valence-corrected chi connectivity index (χ3v) is 10.2. The maximum atomic E-state index is 12.3. The van der Waals surface area contributed by atoms with Crippen LogP contribution in [0.3, 0.4) is 0 Å². The summed E-state index contributed by atoms with van der Waals surface area (Å²) in [5.74, 6) is 1.83. The van der Waals surface area contributed by atoms with Crippen LogP contribution >= 0.6 is 21.6 Å². The summed E-state index contributed by atoms with van der Waals surface area (Å²) < 4.78 is 11.8. The molecule has 7 heteroatoms. The molecule has 33 heavy (non-hydrogen) atoms. The van der Waals surface area contributed by atoms with E-state index < -0.39 is 11.9 Å². The molecule has 4 atom stereocenters. The lowest BCUT2D eigenvalue weighted by molar-refractivity contribution is -0.161. The summed E-state index contributed by atoms with van der Waals surface area (Å²) in [7, 11) is 8.05. The highest BCUT2D eigenvalue weighted by molar-refractivity contribution is 8.77. The van der Waals surface area contributed by atoms with Crippen LogP contribution in [0.5, 0.6) is 5.75 Å². The van der Waals surface area contributed by atoms with E-state index in [1.165, 1.54) is 12.2 Å². The molecule has 1 saturated carbocycles. The fourth-order valence-corrected chi connectivity index (χ4v) is 8.31. The van der Waals surface area contributed by atoms with Gasteiger partial charge in [-0.1, -0.05) is 53.0 Å².